The molecule has 0 aromatic heterocycles. The molecular formula is C29H43N3O5S. The van der Waals surface area contributed by atoms with E-state index in [9.17, 15) is 18.0 Å². The first-order valence-electron chi connectivity index (χ1n) is 13.0. The number of carbonyl (C=O) groups excluding carboxylic acids is 2. The van der Waals surface area contributed by atoms with Crippen LogP contribution in [0, 0.1) is 0 Å². The second-order valence-corrected chi connectivity index (χ2v) is 12.6. The molecule has 1 N–H and O–H groups in total. The Morgan fingerprint density at radius 2 is 1.66 bits per heavy atom. The second kappa shape index (κ2) is 13.1. The van der Waals surface area contributed by atoms with Crippen molar-refractivity contribution in [3.05, 3.63) is 59.7 Å². The van der Waals surface area contributed by atoms with E-state index in [1.807, 2.05) is 45.0 Å². The molecule has 38 heavy (non-hydrogen) atoms. The molecule has 0 unspecified atom stereocenters. The van der Waals surface area contributed by atoms with Gasteiger partial charge in [0, 0.05) is 12.6 Å². The lowest BCUT2D eigenvalue weighted by Gasteiger charge is -2.33. The monoisotopic (exact) mass is 545 g/mol. The molecule has 0 aliphatic rings. The molecule has 2 amide bonds. The van der Waals surface area contributed by atoms with Crippen LogP contribution in [0.2, 0.25) is 0 Å². The van der Waals surface area contributed by atoms with Crippen molar-refractivity contribution in [1.82, 2.24) is 10.2 Å². The highest BCUT2D eigenvalue weighted by atomic mass is 32.2. The van der Waals surface area contributed by atoms with Crippen molar-refractivity contribution in [3.63, 3.8) is 0 Å². The van der Waals surface area contributed by atoms with Crippen LogP contribution in [-0.4, -0.2) is 57.1 Å². The van der Waals surface area contributed by atoms with E-state index in [2.05, 4.69) is 26.1 Å². The average molecular weight is 546 g/mol. The maximum atomic E-state index is 13.8. The Hall–Kier alpha value is -3.07. The summed E-state index contributed by atoms with van der Waals surface area (Å²) in [6.45, 7) is 11.6. The molecule has 0 saturated heterocycles. The Balaban J connectivity index is 2.47. The van der Waals surface area contributed by atoms with E-state index in [1.54, 1.807) is 31.4 Å². The number of amides is 2. The van der Waals surface area contributed by atoms with Crippen molar-refractivity contribution in [2.75, 3.05) is 24.2 Å². The van der Waals surface area contributed by atoms with Gasteiger partial charge < -0.3 is 15.0 Å². The molecule has 0 fully saturated rings. The van der Waals surface area contributed by atoms with Gasteiger partial charge in [-0.3, -0.25) is 13.9 Å². The van der Waals surface area contributed by atoms with Crippen LogP contribution in [0.1, 0.15) is 65.5 Å². The van der Waals surface area contributed by atoms with Crippen LogP contribution in [-0.2, 0) is 31.6 Å². The van der Waals surface area contributed by atoms with Gasteiger partial charge in [0.2, 0.25) is 21.8 Å². The maximum absolute atomic E-state index is 13.8. The molecule has 2 aromatic carbocycles. The number of sulfonamides is 1. The smallest absolute Gasteiger partial charge is 0.244 e. The molecule has 0 radical (unpaired) electrons. The fourth-order valence-electron chi connectivity index (χ4n) is 4.07. The number of rotatable bonds is 12. The van der Waals surface area contributed by atoms with E-state index in [1.165, 1.54) is 4.90 Å². The molecule has 0 spiro atoms. The molecule has 0 heterocycles. The summed E-state index contributed by atoms with van der Waals surface area (Å²) in [5, 5.41) is 2.97. The first kappa shape index (κ1) is 31.1. The number of hydrogen-bond donors (Lipinski definition) is 1. The highest BCUT2D eigenvalue weighted by Gasteiger charge is 2.32. The highest BCUT2D eigenvalue weighted by Crippen LogP contribution is 2.26. The molecule has 8 nitrogen and oxygen atoms in total. The van der Waals surface area contributed by atoms with E-state index in [0.717, 1.165) is 28.1 Å². The molecule has 0 aliphatic heterocycles. The Morgan fingerprint density at radius 3 is 2.16 bits per heavy atom. The SMILES string of the molecule is CC[C@H](C)NC(=O)[C@H](CC)N(Cc1cccc(OC)c1)C(=O)CN(c1ccc(C(C)(C)C)cc1)S(C)(=O)=O. The minimum Gasteiger partial charge on any atom is -0.497 e. The lowest BCUT2D eigenvalue weighted by molar-refractivity contribution is -0.140. The summed E-state index contributed by atoms with van der Waals surface area (Å²) in [7, 11) is -2.23. The van der Waals surface area contributed by atoms with Crippen molar-refractivity contribution in [1.29, 1.82) is 0 Å². The highest BCUT2D eigenvalue weighted by molar-refractivity contribution is 7.92. The summed E-state index contributed by atoms with van der Waals surface area (Å²) in [5.41, 5.74) is 2.11. The predicted octanol–water partition coefficient (Wildman–Crippen LogP) is 4.48. The van der Waals surface area contributed by atoms with E-state index in [-0.39, 0.29) is 23.9 Å². The zero-order valence-electron chi connectivity index (χ0n) is 23.9. The normalized spacial score (nSPS) is 13.4. The molecular weight excluding hydrogens is 502 g/mol. The Bertz CT molecular complexity index is 1190. The van der Waals surface area contributed by atoms with Gasteiger partial charge in [-0.25, -0.2) is 8.42 Å². The number of hydrogen-bond acceptors (Lipinski definition) is 5. The standard InChI is InChI=1S/C29H43N3O5S/c1-9-21(3)30-28(34)26(10-2)31(19-22-12-11-13-25(18-22)37-7)27(33)20-32(38(8,35)36)24-16-14-23(15-17-24)29(4,5)6/h11-18,21,26H,9-10,19-20H2,1-8H3,(H,30,34)/t21-,26-/m0/s1. The van der Waals surface area contributed by atoms with Gasteiger partial charge in [-0.1, -0.05) is 58.9 Å². The van der Waals surface area contributed by atoms with Gasteiger partial charge in [-0.2, -0.15) is 0 Å². The Kier molecular flexibility index (Phi) is 10.8. The lowest BCUT2D eigenvalue weighted by atomic mass is 9.87. The van der Waals surface area contributed by atoms with Crippen molar-refractivity contribution in [3.8, 4) is 5.75 Å². The number of benzene rings is 2. The van der Waals surface area contributed by atoms with Crippen LogP contribution in [0.5, 0.6) is 5.75 Å². The molecule has 0 saturated carbocycles. The van der Waals surface area contributed by atoms with Crippen LogP contribution < -0.4 is 14.4 Å². The topological polar surface area (TPSA) is 96.0 Å². The lowest BCUT2D eigenvalue weighted by Crippen LogP contribution is -2.53. The van der Waals surface area contributed by atoms with Crippen molar-refractivity contribution >= 4 is 27.5 Å². The summed E-state index contributed by atoms with van der Waals surface area (Å²) < 4.78 is 32.1. The molecule has 9 heteroatoms. The fraction of sp³-hybridized carbons (Fsp3) is 0.517. The van der Waals surface area contributed by atoms with Crippen molar-refractivity contribution in [2.24, 2.45) is 0 Å². The summed E-state index contributed by atoms with van der Waals surface area (Å²) in [4.78, 5) is 28.5. The molecule has 0 bridgehead atoms. The molecule has 2 rings (SSSR count). The van der Waals surface area contributed by atoms with E-state index < -0.39 is 28.5 Å². The van der Waals surface area contributed by atoms with Crippen LogP contribution >= 0.6 is 0 Å². The van der Waals surface area contributed by atoms with Crippen LogP contribution in [0.15, 0.2) is 48.5 Å². The fourth-order valence-corrected chi connectivity index (χ4v) is 4.92. The summed E-state index contributed by atoms with van der Waals surface area (Å²) >= 11 is 0. The third-order valence-corrected chi connectivity index (χ3v) is 7.72. The van der Waals surface area contributed by atoms with Crippen LogP contribution in [0.25, 0.3) is 0 Å². The summed E-state index contributed by atoms with van der Waals surface area (Å²) in [6.07, 6.45) is 2.20. The quantitative estimate of drug-likeness (QED) is 0.424. The minimum absolute atomic E-state index is 0.0563. The van der Waals surface area contributed by atoms with Gasteiger partial charge >= 0.3 is 0 Å². The maximum Gasteiger partial charge on any atom is 0.244 e. The third-order valence-electron chi connectivity index (χ3n) is 6.57. The number of nitrogens with zero attached hydrogens (tertiary/aromatic N) is 2. The average Bonchev–Trinajstić information content (AvgIpc) is 2.85. The number of anilines is 1. The second-order valence-electron chi connectivity index (χ2n) is 10.7. The summed E-state index contributed by atoms with van der Waals surface area (Å²) in [6, 6.07) is 13.6. The number of ether oxygens (including phenoxy) is 1. The zero-order chi connectivity index (χ0) is 28.7. The van der Waals surface area contributed by atoms with Gasteiger partial charge in [-0.15, -0.1) is 0 Å². The first-order chi connectivity index (χ1) is 17.7. The summed E-state index contributed by atoms with van der Waals surface area (Å²) in [5.74, 6) is -0.105. The van der Waals surface area contributed by atoms with Gasteiger partial charge in [0.1, 0.15) is 18.3 Å². The zero-order valence-corrected chi connectivity index (χ0v) is 24.8. The van der Waals surface area contributed by atoms with E-state index >= 15 is 0 Å². The van der Waals surface area contributed by atoms with Crippen molar-refractivity contribution in [2.45, 2.75) is 78.4 Å². The van der Waals surface area contributed by atoms with Crippen LogP contribution in [0.4, 0.5) is 5.69 Å². The van der Waals surface area contributed by atoms with Crippen LogP contribution in [0.3, 0.4) is 0 Å². The van der Waals surface area contributed by atoms with Gasteiger partial charge in [-0.05, 0) is 60.6 Å². The van der Waals surface area contributed by atoms with Crippen molar-refractivity contribution < 1.29 is 22.7 Å². The van der Waals surface area contributed by atoms with Gasteiger partial charge in [0.05, 0.1) is 19.1 Å². The van der Waals surface area contributed by atoms with Gasteiger partial charge in [0.15, 0.2) is 0 Å². The predicted molar refractivity (Wildman–Crippen MR) is 153 cm³/mol. The molecule has 210 valence electrons. The molecule has 2 aromatic rings. The van der Waals surface area contributed by atoms with Gasteiger partial charge in [0.25, 0.3) is 0 Å². The Labute approximate surface area is 228 Å². The number of methoxy groups -OCH3 is 1. The third kappa shape index (κ3) is 8.48. The first-order valence-corrected chi connectivity index (χ1v) is 14.9. The number of carbonyl (C=O) groups is 2. The molecule has 0 aliphatic carbocycles. The minimum atomic E-state index is -3.79. The van der Waals surface area contributed by atoms with E-state index in [0.29, 0.717) is 17.9 Å². The largest absolute Gasteiger partial charge is 0.497 e. The Morgan fingerprint density at radius 1 is 1.03 bits per heavy atom. The molecule has 2 atom stereocenters. The number of nitrogens with one attached hydrogen (secondary N) is 1. The van der Waals surface area contributed by atoms with E-state index in [4.69, 9.17) is 4.74 Å².